The van der Waals surface area contributed by atoms with Crippen molar-refractivity contribution in [3.8, 4) is 0 Å². The van der Waals surface area contributed by atoms with E-state index in [9.17, 15) is 22.8 Å². The van der Waals surface area contributed by atoms with Crippen molar-refractivity contribution < 1.29 is 22.8 Å². The molecule has 11 heteroatoms. The summed E-state index contributed by atoms with van der Waals surface area (Å²) in [6.45, 7) is 9.19. The van der Waals surface area contributed by atoms with Crippen LogP contribution in [0.1, 0.15) is 29.7 Å². The molecule has 2 aromatic rings. The van der Waals surface area contributed by atoms with E-state index in [-0.39, 0.29) is 30.3 Å². The predicted octanol–water partition coefficient (Wildman–Crippen LogP) is 3.56. The molecule has 0 bridgehead atoms. The van der Waals surface area contributed by atoms with Crippen molar-refractivity contribution in [2.75, 3.05) is 75.1 Å². The number of amides is 2. The molecule has 1 aromatic heterocycles. The van der Waals surface area contributed by atoms with Gasteiger partial charge in [0.1, 0.15) is 11.9 Å². The Kier molecular flexibility index (Phi) is 8.51. The van der Waals surface area contributed by atoms with Crippen molar-refractivity contribution in [2.24, 2.45) is 0 Å². The van der Waals surface area contributed by atoms with Gasteiger partial charge in [-0.25, -0.2) is 4.98 Å². The van der Waals surface area contributed by atoms with E-state index in [0.29, 0.717) is 5.69 Å². The highest BCUT2D eigenvalue weighted by atomic mass is 19.4. The summed E-state index contributed by atoms with van der Waals surface area (Å²) in [7, 11) is 5.78. The molecule has 3 heterocycles. The standard InChI is InChI=1S/C28H37F3N6O2/c1-19-7-6-8-22(26(19)34(4)13-16-36-14-11-33(3)12-15-36)35(5)27(39)23-9-10-25(38)37(23)24-18-21(28(29,30)31)17-20(2)32-24/h6-8,17-18,23H,9-16H2,1-5H3. The van der Waals surface area contributed by atoms with Gasteiger partial charge in [0, 0.05) is 65.5 Å². The molecule has 0 N–H and O–H groups in total. The highest BCUT2D eigenvalue weighted by Gasteiger charge is 2.41. The van der Waals surface area contributed by atoms with Crippen LogP contribution in [-0.2, 0) is 15.8 Å². The van der Waals surface area contributed by atoms with E-state index in [0.717, 1.165) is 67.6 Å². The van der Waals surface area contributed by atoms with E-state index >= 15 is 0 Å². The summed E-state index contributed by atoms with van der Waals surface area (Å²) in [5, 5.41) is 0. The summed E-state index contributed by atoms with van der Waals surface area (Å²) in [5.41, 5.74) is 1.83. The van der Waals surface area contributed by atoms with Crippen molar-refractivity contribution in [1.82, 2.24) is 14.8 Å². The maximum atomic E-state index is 13.8. The molecule has 0 spiro atoms. The average molecular weight is 547 g/mol. The summed E-state index contributed by atoms with van der Waals surface area (Å²) in [6, 6.07) is 6.57. The zero-order chi connectivity index (χ0) is 28.5. The Hall–Kier alpha value is -3.18. The fourth-order valence-corrected chi connectivity index (χ4v) is 5.37. The van der Waals surface area contributed by atoms with Gasteiger partial charge in [-0.05, 0) is 51.1 Å². The number of halogens is 3. The van der Waals surface area contributed by atoms with Crippen LogP contribution in [0.15, 0.2) is 30.3 Å². The summed E-state index contributed by atoms with van der Waals surface area (Å²) in [4.78, 5) is 40.4. The third-order valence-corrected chi connectivity index (χ3v) is 7.65. The number of carbonyl (C=O) groups excluding carboxylic acids is 2. The molecule has 2 aliphatic heterocycles. The molecular formula is C28H37F3N6O2. The summed E-state index contributed by atoms with van der Waals surface area (Å²) < 4.78 is 40.4. The van der Waals surface area contributed by atoms with Crippen molar-refractivity contribution >= 4 is 29.0 Å². The van der Waals surface area contributed by atoms with Crippen molar-refractivity contribution in [3.63, 3.8) is 0 Å². The third kappa shape index (κ3) is 6.36. The molecule has 1 atom stereocenters. The Balaban J connectivity index is 1.57. The van der Waals surface area contributed by atoms with Crippen LogP contribution in [0.25, 0.3) is 0 Å². The average Bonchev–Trinajstić information content (AvgIpc) is 3.27. The first kappa shape index (κ1) is 28.8. The Labute approximate surface area is 228 Å². The smallest absolute Gasteiger partial charge is 0.371 e. The van der Waals surface area contributed by atoms with Gasteiger partial charge < -0.3 is 14.7 Å². The van der Waals surface area contributed by atoms with Gasteiger partial charge in [-0.3, -0.25) is 19.4 Å². The van der Waals surface area contributed by atoms with Crippen LogP contribution in [0.3, 0.4) is 0 Å². The highest BCUT2D eigenvalue weighted by molar-refractivity contribution is 6.09. The van der Waals surface area contributed by atoms with Gasteiger partial charge >= 0.3 is 6.18 Å². The number of para-hydroxylation sites is 1. The quantitative estimate of drug-likeness (QED) is 0.530. The number of benzene rings is 1. The summed E-state index contributed by atoms with van der Waals surface area (Å²) in [5.74, 6) is -0.927. The van der Waals surface area contributed by atoms with Crippen LogP contribution in [0, 0.1) is 13.8 Å². The molecule has 0 radical (unpaired) electrons. The molecule has 8 nitrogen and oxygen atoms in total. The van der Waals surface area contributed by atoms with E-state index in [4.69, 9.17) is 0 Å². The summed E-state index contributed by atoms with van der Waals surface area (Å²) >= 11 is 0. The molecular weight excluding hydrogens is 509 g/mol. The Morgan fingerprint density at radius 1 is 1.10 bits per heavy atom. The molecule has 212 valence electrons. The topological polar surface area (TPSA) is 63.2 Å². The monoisotopic (exact) mass is 546 g/mol. The van der Waals surface area contributed by atoms with E-state index in [1.165, 1.54) is 11.8 Å². The highest BCUT2D eigenvalue weighted by Crippen LogP contribution is 2.36. The molecule has 2 fully saturated rings. The number of carbonyl (C=O) groups is 2. The molecule has 1 aromatic carbocycles. The van der Waals surface area contributed by atoms with Crippen LogP contribution in [0.4, 0.5) is 30.4 Å². The second-order valence-electron chi connectivity index (χ2n) is 10.6. The number of piperazine rings is 1. The fraction of sp³-hybridized carbons (Fsp3) is 0.536. The van der Waals surface area contributed by atoms with Crippen LogP contribution >= 0.6 is 0 Å². The number of hydrogen-bond donors (Lipinski definition) is 0. The van der Waals surface area contributed by atoms with Crippen LogP contribution in [0.2, 0.25) is 0 Å². The maximum Gasteiger partial charge on any atom is 0.416 e. The predicted molar refractivity (Wildman–Crippen MR) is 146 cm³/mol. The summed E-state index contributed by atoms with van der Waals surface area (Å²) in [6.07, 6.45) is -4.32. The number of likely N-dealkylation sites (N-methyl/N-ethyl adjacent to an activating group) is 3. The Morgan fingerprint density at radius 3 is 2.46 bits per heavy atom. The third-order valence-electron chi connectivity index (χ3n) is 7.65. The normalized spacial score (nSPS) is 19.0. The van der Waals surface area contributed by atoms with Crippen LogP contribution in [-0.4, -0.2) is 93.1 Å². The van der Waals surface area contributed by atoms with Gasteiger partial charge in [-0.2, -0.15) is 13.2 Å². The number of hydrogen-bond acceptors (Lipinski definition) is 6. The lowest BCUT2D eigenvalue weighted by atomic mass is 10.1. The number of aryl methyl sites for hydroxylation is 2. The molecule has 0 saturated carbocycles. The van der Waals surface area contributed by atoms with Crippen LogP contribution in [0.5, 0.6) is 0 Å². The lowest BCUT2D eigenvalue weighted by Crippen LogP contribution is -2.47. The number of anilines is 3. The van der Waals surface area contributed by atoms with E-state index < -0.39 is 23.7 Å². The van der Waals surface area contributed by atoms with E-state index in [2.05, 4.69) is 26.7 Å². The molecule has 1 unspecified atom stereocenters. The zero-order valence-electron chi connectivity index (χ0n) is 23.3. The second-order valence-corrected chi connectivity index (χ2v) is 10.6. The minimum atomic E-state index is -4.59. The Bertz CT molecular complexity index is 1210. The van der Waals surface area contributed by atoms with E-state index in [1.54, 1.807) is 7.05 Å². The number of rotatable bonds is 7. The number of nitrogens with zero attached hydrogens (tertiary/aromatic N) is 6. The number of alkyl halides is 3. The number of pyridine rings is 1. The van der Waals surface area contributed by atoms with Gasteiger partial charge in [0.25, 0.3) is 0 Å². The largest absolute Gasteiger partial charge is 0.416 e. The van der Waals surface area contributed by atoms with Gasteiger partial charge in [-0.1, -0.05) is 12.1 Å². The minimum absolute atomic E-state index is 0.0623. The van der Waals surface area contributed by atoms with Gasteiger partial charge in [0.15, 0.2) is 0 Å². The lowest BCUT2D eigenvalue weighted by molar-refractivity contribution is -0.137. The first-order valence-corrected chi connectivity index (χ1v) is 13.2. The van der Waals surface area contributed by atoms with Crippen molar-refractivity contribution in [3.05, 3.63) is 47.2 Å². The van der Waals surface area contributed by atoms with E-state index in [1.807, 2.05) is 32.2 Å². The van der Waals surface area contributed by atoms with Crippen molar-refractivity contribution in [2.45, 2.75) is 38.9 Å². The molecule has 0 aliphatic carbocycles. The number of aromatic nitrogens is 1. The van der Waals surface area contributed by atoms with Gasteiger partial charge in [0.05, 0.1) is 16.9 Å². The molecule has 39 heavy (non-hydrogen) atoms. The first-order chi connectivity index (χ1) is 18.4. The fourth-order valence-electron chi connectivity index (χ4n) is 5.37. The first-order valence-electron chi connectivity index (χ1n) is 13.2. The molecule has 2 saturated heterocycles. The Morgan fingerprint density at radius 2 is 1.79 bits per heavy atom. The maximum absolute atomic E-state index is 13.8. The minimum Gasteiger partial charge on any atom is -0.371 e. The van der Waals surface area contributed by atoms with Gasteiger partial charge in [0.2, 0.25) is 11.8 Å². The van der Waals surface area contributed by atoms with Crippen LogP contribution < -0.4 is 14.7 Å². The lowest BCUT2D eigenvalue weighted by Gasteiger charge is -2.35. The molecule has 4 rings (SSSR count). The van der Waals surface area contributed by atoms with Gasteiger partial charge in [-0.15, -0.1) is 0 Å². The van der Waals surface area contributed by atoms with Crippen molar-refractivity contribution in [1.29, 1.82) is 0 Å². The SMILES string of the molecule is Cc1cc(C(F)(F)F)cc(N2C(=O)CCC2C(=O)N(C)c2cccc(C)c2N(C)CCN2CCN(C)CC2)n1. The molecule has 2 aliphatic rings. The molecule has 2 amide bonds. The second kappa shape index (κ2) is 11.5. The zero-order valence-corrected chi connectivity index (χ0v) is 23.3.